The zero-order chi connectivity index (χ0) is 10.8. The number of pyridine rings is 1. The van der Waals surface area contributed by atoms with Crippen LogP contribution in [0.15, 0.2) is 35.1 Å². The summed E-state index contributed by atoms with van der Waals surface area (Å²) in [4.78, 5) is 4.14. The Balaban J connectivity index is 2.32. The number of halogens is 1. The van der Waals surface area contributed by atoms with Gasteiger partial charge in [0.05, 0.1) is 11.4 Å². The van der Waals surface area contributed by atoms with E-state index in [9.17, 15) is 5.11 Å². The zero-order valence-corrected chi connectivity index (χ0v) is 9.72. The molecule has 0 aliphatic rings. The minimum Gasteiger partial charge on any atom is -0.380 e. The summed E-state index contributed by atoms with van der Waals surface area (Å²) >= 11 is 3.30. The summed E-state index contributed by atoms with van der Waals surface area (Å²) < 4.78 is 2.53. The van der Waals surface area contributed by atoms with E-state index in [0.29, 0.717) is 5.69 Å². The Labute approximate surface area is 95.7 Å². The van der Waals surface area contributed by atoms with Crippen molar-refractivity contribution in [1.29, 1.82) is 0 Å². The fraction of sp³-hybridized carbons (Fsp3) is 0.200. The highest BCUT2D eigenvalue weighted by atomic mass is 79.9. The molecule has 78 valence electrons. The molecule has 0 spiro atoms. The molecule has 4 nitrogen and oxygen atoms in total. The number of aliphatic hydroxyl groups is 1. The van der Waals surface area contributed by atoms with E-state index in [2.05, 4.69) is 26.0 Å². The smallest absolute Gasteiger partial charge is 0.137 e. The molecule has 0 amide bonds. The van der Waals surface area contributed by atoms with Gasteiger partial charge in [-0.3, -0.25) is 9.67 Å². The van der Waals surface area contributed by atoms with E-state index in [1.807, 2.05) is 6.07 Å². The molecule has 0 saturated carbocycles. The maximum absolute atomic E-state index is 10.0. The van der Waals surface area contributed by atoms with Crippen molar-refractivity contribution in [3.63, 3.8) is 0 Å². The molecule has 0 aliphatic heterocycles. The van der Waals surface area contributed by atoms with Crippen LogP contribution < -0.4 is 0 Å². The molecule has 1 atom stereocenters. The van der Waals surface area contributed by atoms with Gasteiger partial charge in [-0.25, -0.2) is 0 Å². The van der Waals surface area contributed by atoms with Crippen molar-refractivity contribution in [2.45, 2.75) is 6.10 Å². The molecule has 2 aromatic heterocycles. The first-order valence-corrected chi connectivity index (χ1v) is 5.25. The first-order valence-electron chi connectivity index (χ1n) is 4.46. The second kappa shape index (κ2) is 4.12. The minimum atomic E-state index is -0.731. The van der Waals surface area contributed by atoms with E-state index in [1.165, 1.54) is 0 Å². The number of hydrogen-bond donors (Lipinski definition) is 1. The van der Waals surface area contributed by atoms with Gasteiger partial charge in [0.2, 0.25) is 0 Å². The van der Waals surface area contributed by atoms with E-state index in [0.717, 1.165) is 10.2 Å². The Morgan fingerprint density at radius 3 is 2.73 bits per heavy atom. The number of aromatic nitrogens is 3. The molecule has 2 rings (SSSR count). The molecule has 0 fully saturated rings. The Morgan fingerprint density at radius 1 is 1.40 bits per heavy atom. The normalized spacial score (nSPS) is 12.7. The molecule has 0 aromatic carbocycles. The van der Waals surface area contributed by atoms with Gasteiger partial charge >= 0.3 is 0 Å². The molecule has 0 radical (unpaired) electrons. The number of aliphatic hydroxyl groups excluding tert-OH is 1. The average Bonchev–Trinajstić information content (AvgIpc) is 2.65. The summed E-state index contributed by atoms with van der Waals surface area (Å²) in [5.41, 5.74) is 1.34. The maximum Gasteiger partial charge on any atom is 0.137 e. The molecular weight excluding hydrogens is 258 g/mol. The van der Waals surface area contributed by atoms with E-state index >= 15 is 0 Å². The van der Waals surface area contributed by atoms with Crippen molar-refractivity contribution in [3.05, 3.63) is 46.5 Å². The standard InChI is InChI=1S/C10H10BrN3O/c1-14-9(4-5-13-14)10(15)8-3-2-7(11)6-12-8/h2-6,10,15H,1H3. The number of hydrogen-bond acceptors (Lipinski definition) is 3. The quantitative estimate of drug-likeness (QED) is 0.901. The van der Waals surface area contributed by atoms with Gasteiger partial charge in [-0.05, 0) is 34.1 Å². The van der Waals surface area contributed by atoms with E-state index < -0.39 is 6.10 Å². The van der Waals surface area contributed by atoms with Gasteiger partial charge in [0, 0.05) is 23.9 Å². The summed E-state index contributed by atoms with van der Waals surface area (Å²) in [5.74, 6) is 0. The summed E-state index contributed by atoms with van der Waals surface area (Å²) in [6, 6.07) is 5.40. The van der Waals surface area contributed by atoms with Crippen molar-refractivity contribution < 1.29 is 5.11 Å². The van der Waals surface area contributed by atoms with Crippen LogP contribution in [0.5, 0.6) is 0 Å². The van der Waals surface area contributed by atoms with Crippen LogP contribution >= 0.6 is 15.9 Å². The molecule has 2 heterocycles. The molecule has 0 bridgehead atoms. The van der Waals surface area contributed by atoms with Crippen LogP contribution in [0.1, 0.15) is 17.5 Å². The fourth-order valence-electron chi connectivity index (χ4n) is 1.35. The Hall–Kier alpha value is -1.20. The SMILES string of the molecule is Cn1nccc1C(O)c1ccc(Br)cn1. The highest BCUT2D eigenvalue weighted by Crippen LogP contribution is 2.20. The lowest BCUT2D eigenvalue weighted by Gasteiger charge is -2.10. The van der Waals surface area contributed by atoms with Gasteiger partial charge < -0.3 is 5.11 Å². The zero-order valence-electron chi connectivity index (χ0n) is 8.13. The van der Waals surface area contributed by atoms with Crippen LogP contribution in [0.4, 0.5) is 0 Å². The topological polar surface area (TPSA) is 50.9 Å². The molecule has 2 aromatic rings. The second-order valence-corrected chi connectivity index (χ2v) is 4.10. The second-order valence-electron chi connectivity index (χ2n) is 3.18. The average molecular weight is 268 g/mol. The third kappa shape index (κ3) is 2.08. The van der Waals surface area contributed by atoms with Crippen LogP contribution in [-0.4, -0.2) is 19.9 Å². The van der Waals surface area contributed by atoms with E-state index in [1.54, 1.807) is 36.3 Å². The summed E-state index contributed by atoms with van der Waals surface area (Å²) in [7, 11) is 1.79. The van der Waals surface area contributed by atoms with Gasteiger partial charge in [0.25, 0.3) is 0 Å². The molecule has 1 unspecified atom stereocenters. The van der Waals surface area contributed by atoms with Gasteiger partial charge in [-0.15, -0.1) is 0 Å². The number of rotatable bonds is 2. The third-order valence-corrected chi connectivity index (χ3v) is 2.64. The van der Waals surface area contributed by atoms with Crippen molar-refractivity contribution in [3.8, 4) is 0 Å². The maximum atomic E-state index is 10.0. The lowest BCUT2D eigenvalue weighted by atomic mass is 10.2. The molecule has 5 heteroatoms. The lowest BCUT2D eigenvalue weighted by Crippen LogP contribution is -2.07. The van der Waals surface area contributed by atoms with E-state index in [4.69, 9.17) is 0 Å². The van der Waals surface area contributed by atoms with E-state index in [-0.39, 0.29) is 0 Å². The van der Waals surface area contributed by atoms with Crippen molar-refractivity contribution in [2.24, 2.45) is 7.05 Å². The molecule has 0 aliphatic carbocycles. The monoisotopic (exact) mass is 267 g/mol. The molecule has 0 saturated heterocycles. The summed E-state index contributed by atoms with van der Waals surface area (Å²) in [6.07, 6.45) is 2.58. The van der Waals surface area contributed by atoms with Crippen molar-refractivity contribution in [2.75, 3.05) is 0 Å². The largest absolute Gasteiger partial charge is 0.380 e. The Kier molecular flexibility index (Phi) is 2.83. The van der Waals surface area contributed by atoms with Crippen LogP contribution in [0.3, 0.4) is 0 Å². The summed E-state index contributed by atoms with van der Waals surface area (Å²) in [5, 5.41) is 14.0. The van der Waals surface area contributed by atoms with Crippen LogP contribution in [-0.2, 0) is 7.05 Å². The molecule has 1 N–H and O–H groups in total. The number of nitrogens with zero attached hydrogens (tertiary/aromatic N) is 3. The summed E-state index contributed by atoms with van der Waals surface area (Å²) in [6.45, 7) is 0. The predicted molar refractivity (Wildman–Crippen MR) is 59.2 cm³/mol. The van der Waals surface area contributed by atoms with Gasteiger partial charge in [-0.1, -0.05) is 0 Å². The first-order chi connectivity index (χ1) is 7.18. The highest BCUT2D eigenvalue weighted by molar-refractivity contribution is 9.10. The van der Waals surface area contributed by atoms with Crippen molar-refractivity contribution >= 4 is 15.9 Å². The third-order valence-electron chi connectivity index (χ3n) is 2.17. The fourth-order valence-corrected chi connectivity index (χ4v) is 1.59. The van der Waals surface area contributed by atoms with Gasteiger partial charge in [0.1, 0.15) is 6.10 Å². The Bertz CT molecular complexity index is 452. The van der Waals surface area contributed by atoms with Crippen molar-refractivity contribution in [1.82, 2.24) is 14.8 Å². The highest BCUT2D eigenvalue weighted by Gasteiger charge is 2.14. The van der Waals surface area contributed by atoms with Crippen LogP contribution in [0, 0.1) is 0 Å². The van der Waals surface area contributed by atoms with Crippen LogP contribution in [0.25, 0.3) is 0 Å². The first kappa shape index (κ1) is 10.3. The van der Waals surface area contributed by atoms with Crippen LogP contribution in [0.2, 0.25) is 0 Å². The Morgan fingerprint density at radius 2 is 2.20 bits per heavy atom. The minimum absolute atomic E-state index is 0.613. The lowest BCUT2D eigenvalue weighted by molar-refractivity contribution is 0.205. The van der Waals surface area contributed by atoms with Gasteiger partial charge in [-0.2, -0.15) is 5.10 Å². The number of aryl methyl sites for hydroxylation is 1. The molecule has 15 heavy (non-hydrogen) atoms. The predicted octanol–water partition coefficient (Wildman–Crippen LogP) is 1.66. The molecular formula is C10H10BrN3O. The van der Waals surface area contributed by atoms with Gasteiger partial charge in [0.15, 0.2) is 0 Å².